The molecule has 4 heteroatoms. The monoisotopic (exact) mass is 258 g/mol. The lowest BCUT2D eigenvalue weighted by molar-refractivity contribution is 0.266. The predicted octanol–water partition coefficient (Wildman–Crippen LogP) is 3.46. The average molecular weight is 258 g/mol. The van der Waals surface area contributed by atoms with Gasteiger partial charge < -0.3 is 5.73 Å². The summed E-state index contributed by atoms with van der Waals surface area (Å²) in [5, 5.41) is 0. The van der Waals surface area contributed by atoms with Crippen molar-refractivity contribution in [1.29, 1.82) is 0 Å². The molecule has 0 bridgehead atoms. The topological polar surface area (TPSA) is 56.7 Å². The van der Waals surface area contributed by atoms with Crippen molar-refractivity contribution in [3.05, 3.63) is 17.8 Å². The molecule has 4 nitrogen and oxygen atoms in total. The number of nitrogen functional groups attached to an aromatic ring is 1. The minimum atomic E-state index is 0.470. The van der Waals surface area contributed by atoms with Crippen LogP contribution >= 0.6 is 0 Å². The normalized spacial score (nSPS) is 23.9. The molecule has 2 aromatic heterocycles. The predicted molar refractivity (Wildman–Crippen MR) is 78.0 cm³/mol. The van der Waals surface area contributed by atoms with Gasteiger partial charge in [0.2, 0.25) is 5.95 Å². The van der Waals surface area contributed by atoms with Gasteiger partial charge in [-0.3, -0.25) is 4.57 Å². The molecule has 1 aliphatic carbocycles. The number of anilines is 1. The summed E-state index contributed by atoms with van der Waals surface area (Å²) >= 11 is 0. The molecular formula is C15H22N4. The largest absolute Gasteiger partial charge is 0.369 e. The van der Waals surface area contributed by atoms with Gasteiger partial charge in [0.05, 0.1) is 0 Å². The Bertz CT molecular complexity index is 587. The van der Waals surface area contributed by atoms with Gasteiger partial charge >= 0.3 is 0 Å². The summed E-state index contributed by atoms with van der Waals surface area (Å²) in [7, 11) is 0. The quantitative estimate of drug-likeness (QED) is 0.897. The second-order valence-corrected chi connectivity index (χ2v) is 5.73. The molecule has 0 aromatic carbocycles. The molecule has 1 aliphatic rings. The number of aromatic nitrogens is 3. The van der Waals surface area contributed by atoms with Crippen LogP contribution in [0.4, 0.5) is 5.95 Å². The Hall–Kier alpha value is -1.58. The molecule has 2 heterocycles. The Morgan fingerprint density at radius 1 is 1.42 bits per heavy atom. The average Bonchev–Trinajstić information content (AvgIpc) is 2.77. The van der Waals surface area contributed by atoms with Crippen LogP contribution in [-0.4, -0.2) is 14.5 Å². The van der Waals surface area contributed by atoms with Crippen molar-refractivity contribution in [2.45, 2.75) is 52.0 Å². The number of imidazole rings is 1. The zero-order valence-corrected chi connectivity index (χ0v) is 11.8. The standard InChI is InChI=1S/C15H22N4/c1-3-11-5-4-6-12(9-11)19-14-13(18-15(19)16)10(2)7-8-17-14/h7-8,11-12H,3-6,9H2,1-2H3,(H2,16,18). The number of hydrogen-bond donors (Lipinski definition) is 1. The van der Waals surface area contributed by atoms with Crippen molar-refractivity contribution < 1.29 is 0 Å². The molecule has 0 spiro atoms. The Labute approximate surface area is 114 Å². The highest BCUT2D eigenvalue weighted by Crippen LogP contribution is 2.37. The smallest absolute Gasteiger partial charge is 0.202 e. The number of rotatable bonds is 2. The van der Waals surface area contributed by atoms with Crippen LogP contribution in [0.25, 0.3) is 11.2 Å². The maximum Gasteiger partial charge on any atom is 0.202 e. The van der Waals surface area contributed by atoms with Crippen molar-refractivity contribution in [3.63, 3.8) is 0 Å². The van der Waals surface area contributed by atoms with Crippen LogP contribution in [0.2, 0.25) is 0 Å². The van der Waals surface area contributed by atoms with Crippen molar-refractivity contribution in [2.75, 3.05) is 5.73 Å². The van der Waals surface area contributed by atoms with E-state index in [1.165, 1.54) is 32.1 Å². The second-order valence-electron chi connectivity index (χ2n) is 5.73. The molecular weight excluding hydrogens is 236 g/mol. The van der Waals surface area contributed by atoms with Crippen LogP contribution in [0.5, 0.6) is 0 Å². The Kier molecular flexibility index (Phi) is 3.17. The van der Waals surface area contributed by atoms with E-state index in [4.69, 9.17) is 5.73 Å². The summed E-state index contributed by atoms with van der Waals surface area (Å²) in [6.07, 6.45) is 8.16. The first-order valence-corrected chi connectivity index (χ1v) is 7.29. The summed E-state index contributed by atoms with van der Waals surface area (Å²) in [6.45, 7) is 4.35. The lowest BCUT2D eigenvalue weighted by Gasteiger charge is -2.30. The van der Waals surface area contributed by atoms with Crippen LogP contribution < -0.4 is 5.73 Å². The number of fused-ring (bicyclic) bond motifs is 1. The third kappa shape index (κ3) is 2.09. The molecule has 0 aliphatic heterocycles. The molecule has 0 saturated heterocycles. The van der Waals surface area contributed by atoms with E-state index in [1.54, 1.807) is 0 Å². The first-order valence-electron chi connectivity index (χ1n) is 7.29. The fourth-order valence-corrected chi connectivity index (χ4v) is 3.36. The van der Waals surface area contributed by atoms with Crippen LogP contribution in [0.3, 0.4) is 0 Å². The summed E-state index contributed by atoms with van der Waals surface area (Å²) in [5.41, 5.74) is 9.22. The van der Waals surface area contributed by atoms with E-state index in [2.05, 4.69) is 28.4 Å². The van der Waals surface area contributed by atoms with Gasteiger partial charge in [-0.1, -0.05) is 26.2 Å². The summed E-state index contributed by atoms with van der Waals surface area (Å²) in [4.78, 5) is 9.03. The summed E-state index contributed by atoms with van der Waals surface area (Å²) in [5.74, 6) is 1.44. The Morgan fingerprint density at radius 2 is 2.26 bits per heavy atom. The highest BCUT2D eigenvalue weighted by atomic mass is 15.2. The lowest BCUT2D eigenvalue weighted by Crippen LogP contribution is -2.20. The zero-order valence-electron chi connectivity index (χ0n) is 11.8. The highest BCUT2D eigenvalue weighted by molar-refractivity contribution is 5.77. The minimum Gasteiger partial charge on any atom is -0.369 e. The van der Waals surface area contributed by atoms with Gasteiger partial charge in [0.15, 0.2) is 5.65 Å². The van der Waals surface area contributed by atoms with Gasteiger partial charge in [0.1, 0.15) is 5.52 Å². The molecule has 2 atom stereocenters. The Balaban J connectivity index is 2.04. The molecule has 0 amide bonds. The van der Waals surface area contributed by atoms with Crippen molar-refractivity contribution >= 4 is 17.1 Å². The number of hydrogen-bond acceptors (Lipinski definition) is 3. The number of nitrogens with two attached hydrogens (primary N) is 1. The SMILES string of the molecule is CCC1CCCC(n2c(N)nc3c(C)ccnc32)C1. The van der Waals surface area contributed by atoms with Crippen molar-refractivity contribution in [3.8, 4) is 0 Å². The molecule has 19 heavy (non-hydrogen) atoms. The van der Waals surface area contributed by atoms with Gasteiger partial charge in [-0.2, -0.15) is 0 Å². The van der Waals surface area contributed by atoms with Crippen LogP contribution in [-0.2, 0) is 0 Å². The number of nitrogens with zero attached hydrogens (tertiary/aromatic N) is 3. The molecule has 1 fully saturated rings. The number of aryl methyl sites for hydroxylation is 1. The third-order valence-electron chi connectivity index (χ3n) is 4.51. The lowest BCUT2D eigenvalue weighted by atomic mass is 9.84. The molecule has 2 N–H and O–H groups in total. The number of pyridine rings is 1. The third-order valence-corrected chi connectivity index (χ3v) is 4.51. The van der Waals surface area contributed by atoms with Gasteiger partial charge in [0.25, 0.3) is 0 Å². The highest BCUT2D eigenvalue weighted by Gasteiger charge is 2.25. The van der Waals surface area contributed by atoms with Crippen molar-refractivity contribution in [2.24, 2.45) is 5.92 Å². The molecule has 3 rings (SSSR count). The van der Waals surface area contributed by atoms with Crippen molar-refractivity contribution in [1.82, 2.24) is 14.5 Å². The second kappa shape index (κ2) is 4.83. The van der Waals surface area contributed by atoms with Crippen LogP contribution in [0, 0.1) is 12.8 Å². The van der Waals surface area contributed by atoms with Crippen LogP contribution in [0.15, 0.2) is 12.3 Å². The first-order chi connectivity index (χ1) is 9.20. The van der Waals surface area contributed by atoms with E-state index in [0.717, 1.165) is 22.6 Å². The fraction of sp³-hybridized carbons (Fsp3) is 0.600. The van der Waals surface area contributed by atoms with Gasteiger partial charge in [-0.05, 0) is 37.3 Å². The van der Waals surface area contributed by atoms with Gasteiger partial charge in [-0.25, -0.2) is 9.97 Å². The molecule has 0 radical (unpaired) electrons. The first kappa shape index (κ1) is 12.5. The van der Waals surface area contributed by atoms with Crippen LogP contribution in [0.1, 0.15) is 50.6 Å². The van der Waals surface area contributed by atoms with Gasteiger partial charge in [0, 0.05) is 12.2 Å². The van der Waals surface area contributed by atoms with E-state index < -0.39 is 0 Å². The molecule has 2 aromatic rings. The minimum absolute atomic E-state index is 0.470. The fourth-order valence-electron chi connectivity index (χ4n) is 3.36. The maximum absolute atomic E-state index is 6.15. The van der Waals surface area contributed by atoms with Gasteiger partial charge in [-0.15, -0.1) is 0 Å². The van der Waals surface area contributed by atoms with E-state index in [-0.39, 0.29) is 0 Å². The Morgan fingerprint density at radius 3 is 3.05 bits per heavy atom. The van der Waals surface area contributed by atoms with E-state index >= 15 is 0 Å². The molecule has 1 saturated carbocycles. The zero-order chi connectivity index (χ0) is 13.4. The summed E-state index contributed by atoms with van der Waals surface area (Å²) < 4.78 is 2.17. The summed E-state index contributed by atoms with van der Waals surface area (Å²) in [6, 6.07) is 2.47. The molecule has 102 valence electrons. The molecule has 2 unspecified atom stereocenters. The maximum atomic E-state index is 6.15. The van der Waals surface area contributed by atoms with E-state index in [1.807, 2.05) is 12.3 Å². The van der Waals surface area contributed by atoms with E-state index in [9.17, 15) is 0 Å². The van der Waals surface area contributed by atoms with E-state index in [0.29, 0.717) is 12.0 Å².